The van der Waals surface area contributed by atoms with Gasteiger partial charge in [-0.15, -0.1) is 0 Å². The predicted molar refractivity (Wildman–Crippen MR) is 66.9 cm³/mol. The Balaban J connectivity index is 2.38. The molecule has 7 heteroatoms. The van der Waals surface area contributed by atoms with Gasteiger partial charge in [-0.2, -0.15) is 0 Å². The minimum Gasteiger partial charge on any atom is -0.393 e. The second-order valence-corrected chi connectivity index (χ2v) is 4.88. The van der Waals surface area contributed by atoms with Gasteiger partial charge in [-0.25, -0.2) is 4.79 Å². The van der Waals surface area contributed by atoms with Gasteiger partial charge in [0, 0.05) is 18.2 Å². The molecule has 1 fully saturated rings. The van der Waals surface area contributed by atoms with Gasteiger partial charge in [-0.05, 0) is 13.3 Å². The molecule has 2 rings (SSSR count). The number of rotatable bonds is 3. The molecule has 106 valence electrons. The minimum atomic E-state index is -1.05. The summed E-state index contributed by atoms with van der Waals surface area (Å²) in [6.45, 7) is 3.06. The van der Waals surface area contributed by atoms with E-state index in [1.807, 2.05) is 0 Å². The van der Waals surface area contributed by atoms with Crippen LogP contribution in [0.1, 0.15) is 31.6 Å². The van der Waals surface area contributed by atoms with E-state index in [1.165, 1.54) is 10.8 Å². The number of aliphatic hydroxyl groups excluding tert-OH is 2. The van der Waals surface area contributed by atoms with Gasteiger partial charge in [0.05, 0.1) is 12.7 Å². The van der Waals surface area contributed by atoms with Crippen LogP contribution in [-0.4, -0.2) is 38.1 Å². The van der Waals surface area contributed by atoms with E-state index in [1.54, 1.807) is 13.8 Å². The lowest BCUT2D eigenvalue weighted by molar-refractivity contribution is -0.130. The topological polar surface area (TPSA) is 105 Å². The maximum atomic E-state index is 11.8. The molecule has 0 radical (unpaired) electrons. The molecular weight excluding hydrogens is 252 g/mol. The van der Waals surface area contributed by atoms with E-state index >= 15 is 0 Å². The third kappa shape index (κ3) is 2.24. The van der Waals surface area contributed by atoms with Crippen molar-refractivity contribution in [3.8, 4) is 0 Å². The number of hydrogen-bond acceptors (Lipinski definition) is 5. The smallest absolute Gasteiger partial charge is 0.330 e. The fourth-order valence-electron chi connectivity index (χ4n) is 2.35. The van der Waals surface area contributed by atoms with Crippen LogP contribution in [0, 0.1) is 6.92 Å². The molecule has 0 aromatic carbocycles. The first-order valence-electron chi connectivity index (χ1n) is 6.22. The van der Waals surface area contributed by atoms with Gasteiger partial charge in [-0.1, -0.05) is 6.92 Å². The number of aromatic nitrogens is 2. The van der Waals surface area contributed by atoms with Crippen LogP contribution < -0.4 is 11.2 Å². The predicted octanol–water partition coefficient (Wildman–Crippen LogP) is -0.734. The molecule has 1 aliphatic rings. The van der Waals surface area contributed by atoms with Crippen molar-refractivity contribution in [2.75, 3.05) is 6.61 Å². The first-order valence-corrected chi connectivity index (χ1v) is 6.22. The van der Waals surface area contributed by atoms with Gasteiger partial charge in [0.1, 0.15) is 11.8 Å². The van der Waals surface area contributed by atoms with Crippen molar-refractivity contribution in [3.05, 3.63) is 32.6 Å². The molecule has 1 aliphatic heterocycles. The molecule has 0 saturated carbocycles. The molecule has 0 amide bonds. The zero-order valence-electron chi connectivity index (χ0n) is 10.9. The molecule has 0 unspecified atom stereocenters. The molecule has 7 nitrogen and oxygen atoms in total. The molecule has 1 aromatic heterocycles. The molecule has 1 aromatic rings. The number of H-pyrrole nitrogens is 1. The van der Waals surface area contributed by atoms with E-state index in [9.17, 15) is 19.8 Å². The molecular formula is C12H18N2O5. The van der Waals surface area contributed by atoms with Gasteiger partial charge in [0.2, 0.25) is 0 Å². The van der Waals surface area contributed by atoms with E-state index in [4.69, 9.17) is 4.74 Å². The highest BCUT2D eigenvalue weighted by Gasteiger charge is 2.47. The second-order valence-electron chi connectivity index (χ2n) is 4.88. The summed E-state index contributed by atoms with van der Waals surface area (Å²) < 4.78 is 6.91. The molecule has 19 heavy (non-hydrogen) atoms. The zero-order valence-corrected chi connectivity index (χ0v) is 10.9. The molecule has 0 bridgehead atoms. The SMILES string of the molecule is CC[C@]1(CO)O[C@@H](n2cc(C)c(=O)[nH]c2=O)C[C@H]1O. The third-order valence-corrected chi connectivity index (χ3v) is 3.73. The molecule has 0 aliphatic carbocycles. The van der Waals surface area contributed by atoms with Crippen molar-refractivity contribution < 1.29 is 14.9 Å². The monoisotopic (exact) mass is 270 g/mol. The maximum Gasteiger partial charge on any atom is 0.330 e. The lowest BCUT2D eigenvalue weighted by atomic mass is 9.95. The van der Waals surface area contributed by atoms with Gasteiger partial charge < -0.3 is 14.9 Å². The number of hydrogen-bond donors (Lipinski definition) is 3. The molecule has 2 heterocycles. The minimum absolute atomic E-state index is 0.194. The fourth-order valence-corrected chi connectivity index (χ4v) is 2.35. The van der Waals surface area contributed by atoms with Crippen LogP contribution in [0.2, 0.25) is 0 Å². The van der Waals surface area contributed by atoms with Crippen LogP contribution in [-0.2, 0) is 4.74 Å². The van der Waals surface area contributed by atoms with E-state index in [2.05, 4.69) is 4.98 Å². The average Bonchev–Trinajstić information content (AvgIpc) is 2.71. The Morgan fingerprint density at radius 2 is 2.26 bits per heavy atom. The van der Waals surface area contributed by atoms with Crippen molar-refractivity contribution in [1.82, 2.24) is 9.55 Å². The van der Waals surface area contributed by atoms with Crippen molar-refractivity contribution in [2.45, 2.75) is 44.6 Å². The van der Waals surface area contributed by atoms with Crippen molar-refractivity contribution in [3.63, 3.8) is 0 Å². The Labute approximate surface area is 109 Å². The van der Waals surface area contributed by atoms with E-state index in [0.29, 0.717) is 12.0 Å². The standard InChI is InChI=1S/C12H18N2O5/c1-3-12(6-15)8(16)4-9(19-12)14-5-7(2)10(17)13-11(14)18/h5,8-9,15-16H,3-4,6H2,1-2H3,(H,13,17,18)/t8-,9-,12-/m1/s1. The van der Waals surface area contributed by atoms with Crippen LogP contribution in [0.5, 0.6) is 0 Å². The number of aromatic amines is 1. The van der Waals surface area contributed by atoms with Gasteiger partial charge in [0.25, 0.3) is 5.56 Å². The molecule has 0 spiro atoms. The van der Waals surface area contributed by atoms with Crippen LogP contribution in [0.15, 0.2) is 15.8 Å². The van der Waals surface area contributed by atoms with E-state index in [0.717, 1.165) is 0 Å². The Hall–Kier alpha value is -1.44. The first kappa shape index (κ1) is 14.0. The largest absolute Gasteiger partial charge is 0.393 e. The lowest BCUT2D eigenvalue weighted by Gasteiger charge is -2.28. The number of aryl methyl sites for hydroxylation is 1. The molecule has 1 saturated heterocycles. The summed E-state index contributed by atoms with van der Waals surface area (Å²) in [7, 11) is 0. The van der Waals surface area contributed by atoms with Crippen LogP contribution in [0.4, 0.5) is 0 Å². The first-order chi connectivity index (χ1) is 8.93. The summed E-state index contributed by atoms with van der Waals surface area (Å²) in [4.78, 5) is 25.3. The fraction of sp³-hybridized carbons (Fsp3) is 0.667. The van der Waals surface area contributed by atoms with Gasteiger partial charge in [0.15, 0.2) is 0 Å². The van der Waals surface area contributed by atoms with Crippen molar-refractivity contribution in [2.24, 2.45) is 0 Å². The Bertz CT molecular complexity index is 572. The summed E-state index contributed by atoms with van der Waals surface area (Å²) in [5, 5.41) is 19.4. The van der Waals surface area contributed by atoms with E-state index < -0.39 is 29.2 Å². The zero-order chi connectivity index (χ0) is 14.2. The highest BCUT2D eigenvalue weighted by Crippen LogP contribution is 2.37. The number of nitrogens with zero attached hydrogens (tertiary/aromatic N) is 1. The number of nitrogens with one attached hydrogen (secondary N) is 1. The Morgan fingerprint density at radius 1 is 1.58 bits per heavy atom. The summed E-state index contributed by atoms with van der Waals surface area (Å²) in [5.41, 5.74) is -1.69. The quantitative estimate of drug-likeness (QED) is 0.671. The lowest BCUT2D eigenvalue weighted by Crippen LogP contribution is -2.42. The summed E-state index contributed by atoms with van der Waals surface area (Å²) in [6.07, 6.45) is 0.483. The number of ether oxygens (including phenoxy) is 1. The summed E-state index contributed by atoms with van der Waals surface area (Å²) in [5.74, 6) is 0. The molecule has 3 N–H and O–H groups in total. The average molecular weight is 270 g/mol. The Morgan fingerprint density at radius 3 is 2.79 bits per heavy atom. The molecule has 3 atom stereocenters. The van der Waals surface area contributed by atoms with Gasteiger partial charge >= 0.3 is 5.69 Å². The normalized spacial score (nSPS) is 30.7. The highest BCUT2D eigenvalue weighted by atomic mass is 16.6. The van der Waals surface area contributed by atoms with Crippen LogP contribution in [0.25, 0.3) is 0 Å². The van der Waals surface area contributed by atoms with Crippen LogP contribution >= 0.6 is 0 Å². The van der Waals surface area contributed by atoms with Gasteiger partial charge in [-0.3, -0.25) is 14.3 Å². The highest BCUT2D eigenvalue weighted by molar-refractivity contribution is 5.03. The van der Waals surface area contributed by atoms with Crippen molar-refractivity contribution >= 4 is 0 Å². The van der Waals surface area contributed by atoms with E-state index in [-0.39, 0.29) is 13.0 Å². The summed E-state index contributed by atoms with van der Waals surface area (Å²) in [6, 6.07) is 0. The summed E-state index contributed by atoms with van der Waals surface area (Å²) >= 11 is 0. The number of aliphatic hydroxyl groups is 2. The van der Waals surface area contributed by atoms with Crippen LogP contribution in [0.3, 0.4) is 0 Å². The van der Waals surface area contributed by atoms with Crippen molar-refractivity contribution in [1.29, 1.82) is 0 Å². The maximum absolute atomic E-state index is 11.8. The Kier molecular flexibility index (Phi) is 3.62. The second kappa shape index (κ2) is 4.92. The third-order valence-electron chi connectivity index (χ3n) is 3.73.